The lowest BCUT2D eigenvalue weighted by Gasteiger charge is -2.03. The molecule has 6 heteroatoms. The zero-order valence-corrected chi connectivity index (χ0v) is 11.0. The molecule has 0 aliphatic rings. The molecule has 0 radical (unpaired) electrons. The van der Waals surface area contributed by atoms with Crippen molar-refractivity contribution < 1.29 is 13.9 Å². The van der Waals surface area contributed by atoms with E-state index in [9.17, 15) is 9.18 Å². The van der Waals surface area contributed by atoms with Gasteiger partial charge in [-0.25, -0.2) is 14.2 Å². The van der Waals surface area contributed by atoms with Crippen molar-refractivity contribution in [3.63, 3.8) is 0 Å². The summed E-state index contributed by atoms with van der Waals surface area (Å²) in [6.07, 6.45) is -0.657. The summed E-state index contributed by atoms with van der Waals surface area (Å²) >= 11 is 1.19. The average Bonchev–Trinajstić information content (AvgIpc) is 2.83. The lowest BCUT2D eigenvalue weighted by molar-refractivity contribution is 0.215. The van der Waals surface area contributed by atoms with Gasteiger partial charge in [0.25, 0.3) is 0 Å². The molecule has 100 valence electrons. The number of halogens is 1. The van der Waals surface area contributed by atoms with E-state index in [-0.39, 0.29) is 5.52 Å². The molecule has 20 heavy (non-hydrogen) atoms. The molecule has 0 bridgehead atoms. The summed E-state index contributed by atoms with van der Waals surface area (Å²) in [5, 5.41) is 2.78. The summed E-state index contributed by atoms with van der Waals surface area (Å²) < 4.78 is 19.2. The van der Waals surface area contributed by atoms with Crippen molar-refractivity contribution in [1.82, 2.24) is 4.98 Å². The van der Waals surface area contributed by atoms with Gasteiger partial charge in [0.1, 0.15) is 17.1 Å². The van der Waals surface area contributed by atoms with Crippen molar-refractivity contribution in [1.29, 1.82) is 0 Å². The van der Waals surface area contributed by atoms with Crippen molar-refractivity contribution >= 4 is 32.8 Å². The average molecular weight is 288 g/mol. The van der Waals surface area contributed by atoms with Crippen LogP contribution in [0.3, 0.4) is 0 Å². The molecule has 0 unspecified atom stereocenters. The third-order valence-corrected chi connectivity index (χ3v) is 3.47. The molecular formula is C14H9FN2O2S. The Morgan fingerprint density at radius 2 is 1.95 bits per heavy atom. The van der Waals surface area contributed by atoms with Crippen LogP contribution in [-0.4, -0.2) is 11.1 Å². The number of nitrogens with one attached hydrogen (secondary N) is 1. The van der Waals surface area contributed by atoms with E-state index < -0.39 is 11.9 Å². The normalized spacial score (nSPS) is 10.4. The number of carbonyl (C=O) groups is 1. The number of para-hydroxylation sites is 2. The van der Waals surface area contributed by atoms with Gasteiger partial charge in [0, 0.05) is 0 Å². The number of thiazole rings is 1. The van der Waals surface area contributed by atoms with Crippen LogP contribution in [0.25, 0.3) is 10.2 Å². The van der Waals surface area contributed by atoms with Crippen LogP contribution in [0, 0.1) is 5.82 Å². The molecule has 0 saturated carbocycles. The van der Waals surface area contributed by atoms with E-state index in [2.05, 4.69) is 10.3 Å². The van der Waals surface area contributed by atoms with Crippen molar-refractivity contribution in [3.8, 4) is 5.75 Å². The summed E-state index contributed by atoms with van der Waals surface area (Å²) in [5.41, 5.74) is 0.243. The van der Waals surface area contributed by atoms with E-state index in [1.165, 1.54) is 17.4 Å². The summed E-state index contributed by atoms with van der Waals surface area (Å²) in [5.74, 6) is 0.0144. The number of hydrogen-bond acceptors (Lipinski definition) is 4. The number of anilines is 1. The Bertz CT molecular complexity index is 758. The molecule has 1 heterocycles. The van der Waals surface area contributed by atoms with E-state index >= 15 is 0 Å². The fraction of sp³-hybridized carbons (Fsp3) is 0. The summed E-state index contributed by atoms with van der Waals surface area (Å²) in [6.45, 7) is 0. The number of rotatable bonds is 2. The Labute approximate surface area is 117 Å². The van der Waals surface area contributed by atoms with Gasteiger partial charge in [-0.15, -0.1) is 0 Å². The highest BCUT2D eigenvalue weighted by atomic mass is 32.1. The maximum Gasteiger partial charge on any atom is 0.418 e. The predicted octanol–water partition coefficient (Wildman–Crippen LogP) is 4.05. The summed E-state index contributed by atoms with van der Waals surface area (Å²) in [6, 6.07) is 13.3. The standard InChI is InChI=1S/C14H9FN2O2S/c15-10-7-4-8-11-12(10)16-13(20-11)17-14(18)19-9-5-2-1-3-6-9/h1-8H,(H,16,17,18). The first kappa shape index (κ1) is 12.6. The molecule has 2 aromatic carbocycles. The third-order valence-electron chi connectivity index (χ3n) is 2.53. The van der Waals surface area contributed by atoms with E-state index in [1.54, 1.807) is 36.4 Å². The molecule has 1 aromatic heterocycles. The number of ether oxygens (including phenoxy) is 1. The van der Waals surface area contributed by atoms with Crippen LogP contribution in [0.1, 0.15) is 0 Å². The second kappa shape index (κ2) is 5.26. The Balaban J connectivity index is 1.76. The van der Waals surface area contributed by atoms with Crippen LogP contribution in [0.4, 0.5) is 14.3 Å². The highest BCUT2D eigenvalue weighted by Gasteiger charge is 2.11. The van der Waals surface area contributed by atoms with Crippen LogP contribution < -0.4 is 10.1 Å². The summed E-state index contributed by atoms with van der Waals surface area (Å²) in [7, 11) is 0. The lowest BCUT2D eigenvalue weighted by atomic mass is 10.3. The molecule has 3 rings (SSSR count). The van der Waals surface area contributed by atoms with Gasteiger partial charge in [-0.1, -0.05) is 35.6 Å². The largest absolute Gasteiger partial charge is 0.418 e. The number of aromatic nitrogens is 1. The van der Waals surface area contributed by atoms with Gasteiger partial charge < -0.3 is 4.74 Å². The Morgan fingerprint density at radius 1 is 1.15 bits per heavy atom. The maximum atomic E-state index is 13.5. The third kappa shape index (κ3) is 2.60. The van der Waals surface area contributed by atoms with Gasteiger partial charge >= 0.3 is 6.09 Å². The quantitative estimate of drug-likeness (QED) is 0.774. The Morgan fingerprint density at radius 3 is 2.70 bits per heavy atom. The van der Waals surface area contributed by atoms with Crippen LogP contribution in [0.15, 0.2) is 48.5 Å². The SMILES string of the molecule is O=C(Nc1nc2c(F)cccc2s1)Oc1ccccc1. The number of benzene rings is 2. The molecule has 0 aliphatic heterocycles. The van der Waals surface area contributed by atoms with Gasteiger partial charge in [0.2, 0.25) is 0 Å². The second-order valence-corrected chi connectivity index (χ2v) is 4.96. The van der Waals surface area contributed by atoms with Crippen LogP contribution >= 0.6 is 11.3 Å². The van der Waals surface area contributed by atoms with E-state index in [4.69, 9.17) is 4.74 Å². The first-order valence-corrected chi connectivity index (χ1v) is 6.63. The fourth-order valence-electron chi connectivity index (χ4n) is 1.68. The van der Waals surface area contributed by atoms with Crippen molar-refractivity contribution in [3.05, 3.63) is 54.3 Å². The molecule has 0 saturated heterocycles. The van der Waals surface area contributed by atoms with Crippen molar-refractivity contribution in [2.24, 2.45) is 0 Å². The van der Waals surface area contributed by atoms with Crippen molar-refractivity contribution in [2.75, 3.05) is 5.32 Å². The van der Waals surface area contributed by atoms with Gasteiger partial charge in [-0.2, -0.15) is 0 Å². The van der Waals surface area contributed by atoms with Crippen LogP contribution in [-0.2, 0) is 0 Å². The number of hydrogen-bond donors (Lipinski definition) is 1. The number of nitrogens with zero attached hydrogens (tertiary/aromatic N) is 1. The maximum absolute atomic E-state index is 13.5. The molecule has 0 spiro atoms. The fourth-order valence-corrected chi connectivity index (χ4v) is 2.54. The lowest BCUT2D eigenvalue weighted by Crippen LogP contribution is -2.16. The molecule has 0 aliphatic carbocycles. The van der Waals surface area contributed by atoms with Gasteiger partial charge in [0.15, 0.2) is 5.13 Å². The van der Waals surface area contributed by atoms with Gasteiger partial charge in [0.05, 0.1) is 4.70 Å². The number of amides is 1. The molecule has 0 atom stereocenters. The minimum absolute atomic E-state index is 0.243. The molecule has 1 N–H and O–H groups in total. The first-order valence-electron chi connectivity index (χ1n) is 5.81. The molecule has 1 amide bonds. The van der Waals surface area contributed by atoms with Crippen molar-refractivity contribution in [2.45, 2.75) is 0 Å². The molecule has 3 aromatic rings. The second-order valence-electron chi connectivity index (χ2n) is 3.93. The highest BCUT2D eigenvalue weighted by molar-refractivity contribution is 7.22. The molecule has 0 fully saturated rings. The van der Waals surface area contributed by atoms with Crippen LogP contribution in [0.5, 0.6) is 5.75 Å². The van der Waals surface area contributed by atoms with Crippen LogP contribution in [0.2, 0.25) is 0 Å². The minimum atomic E-state index is -0.657. The van der Waals surface area contributed by atoms with E-state index in [0.717, 1.165) is 0 Å². The smallest absolute Gasteiger partial charge is 0.410 e. The monoisotopic (exact) mass is 288 g/mol. The number of fused-ring (bicyclic) bond motifs is 1. The highest BCUT2D eigenvalue weighted by Crippen LogP contribution is 2.27. The molecule has 4 nitrogen and oxygen atoms in total. The number of carbonyl (C=O) groups excluding carboxylic acids is 1. The Kier molecular flexibility index (Phi) is 3.30. The minimum Gasteiger partial charge on any atom is -0.410 e. The zero-order chi connectivity index (χ0) is 13.9. The van der Waals surface area contributed by atoms with Gasteiger partial charge in [-0.3, -0.25) is 5.32 Å². The van der Waals surface area contributed by atoms with E-state index in [0.29, 0.717) is 15.6 Å². The first-order chi connectivity index (χ1) is 9.72. The Hall–Kier alpha value is -2.47. The predicted molar refractivity (Wildman–Crippen MR) is 75.7 cm³/mol. The topological polar surface area (TPSA) is 51.2 Å². The zero-order valence-electron chi connectivity index (χ0n) is 10.2. The van der Waals surface area contributed by atoms with E-state index in [1.807, 2.05) is 6.07 Å². The molecular weight excluding hydrogens is 279 g/mol. The summed E-state index contributed by atoms with van der Waals surface area (Å²) in [4.78, 5) is 15.7. The van der Waals surface area contributed by atoms with Gasteiger partial charge in [-0.05, 0) is 24.3 Å².